The first-order valence-corrected chi connectivity index (χ1v) is 7.24. The molecule has 1 aromatic rings. The van der Waals surface area contributed by atoms with Crippen LogP contribution in [0.5, 0.6) is 0 Å². The molecular weight excluding hydrogens is 236 g/mol. The van der Waals surface area contributed by atoms with Gasteiger partial charge in [0.1, 0.15) is 5.82 Å². The molecule has 0 saturated heterocycles. The second kappa shape index (κ2) is 7.32. The summed E-state index contributed by atoms with van der Waals surface area (Å²) in [4.78, 5) is 15.8. The summed E-state index contributed by atoms with van der Waals surface area (Å²) in [5.74, 6) is 2.17. The van der Waals surface area contributed by atoms with Crippen molar-refractivity contribution < 1.29 is 4.79 Å². The molecule has 0 bridgehead atoms. The monoisotopic (exact) mass is 256 g/mol. The Hall–Kier alpha value is -1.04. The van der Waals surface area contributed by atoms with Crippen LogP contribution in [0.15, 0.2) is 0 Å². The summed E-state index contributed by atoms with van der Waals surface area (Å²) in [6.45, 7) is 4.69. The fraction of sp³-hybridized carbons (Fsp3) is 0.727. The van der Waals surface area contributed by atoms with Gasteiger partial charge in [-0.05, 0) is 24.9 Å². The second-order valence-corrected chi connectivity index (χ2v) is 5.14. The van der Waals surface area contributed by atoms with Gasteiger partial charge in [-0.3, -0.25) is 9.89 Å². The van der Waals surface area contributed by atoms with Crippen molar-refractivity contribution in [1.82, 2.24) is 20.5 Å². The number of hydrogen-bond donors (Lipinski definition) is 2. The van der Waals surface area contributed by atoms with Crippen molar-refractivity contribution in [3.8, 4) is 0 Å². The van der Waals surface area contributed by atoms with Gasteiger partial charge in [0.05, 0.1) is 0 Å². The van der Waals surface area contributed by atoms with E-state index in [1.807, 2.05) is 25.6 Å². The molecule has 0 aromatic carbocycles. The van der Waals surface area contributed by atoms with Crippen molar-refractivity contribution in [2.45, 2.75) is 32.6 Å². The first-order valence-electron chi connectivity index (χ1n) is 5.84. The molecule has 0 aliphatic carbocycles. The van der Waals surface area contributed by atoms with Crippen molar-refractivity contribution in [2.75, 3.05) is 18.6 Å². The van der Waals surface area contributed by atoms with E-state index in [-0.39, 0.29) is 17.6 Å². The molecule has 0 fully saturated rings. The Kier molecular flexibility index (Phi) is 6.04. The zero-order chi connectivity index (χ0) is 12.7. The van der Waals surface area contributed by atoms with Gasteiger partial charge < -0.3 is 5.32 Å². The highest BCUT2D eigenvalue weighted by molar-refractivity contribution is 7.98. The maximum atomic E-state index is 11.7. The van der Waals surface area contributed by atoms with Crippen LogP contribution in [0.25, 0.3) is 0 Å². The van der Waals surface area contributed by atoms with Gasteiger partial charge in [-0.2, -0.15) is 11.8 Å². The van der Waals surface area contributed by atoms with E-state index in [1.54, 1.807) is 0 Å². The Morgan fingerprint density at radius 3 is 2.82 bits per heavy atom. The van der Waals surface area contributed by atoms with E-state index in [0.29, 0.717) is 6.54 Å². The van der Waals surface area contributed by atoms with Gasteiger partial charge in [-0.15, -0.1) is 5.10 Å². The van der Waals surface area contributed by atoms with Crippen molar-refractivity contribution in [1.29, 1.82) is 0 Å². The Morgan fingerprint density at radius 1 is 1.47 bits per heavy atom. The summed E-state index contributed by atoms with van der Waals surface area (Å²) < 4.78 is 0. The molecule has 2 N–H and O–H groups in total. The third-order valence-electron chi connectivity index (χ3n) is 2.31. The quantitative estimate of drug-likeness (QED) is 0.730. The van der Waals surface area contributed by atoms with Crippen LogP contribution in [0.3, 0.4) is 0 Å². The minimum Gasteiger partial charge on any atom is -0.349 e. The molecule has 0 radical (unpaired) electrons. The van der Waals surface area contributed by atoms with Crippen LogP contribution in [-0.4, -0.2) is 39.6 Å². The van der Waals surface area contributed by atoms with E-state index in [9.17, 15) is 4.79 Å². The zero-order valence-electron chi connectivity index (χ0n) is 10.6. The highest BCUT2D eigenvalue weighted by Gasteiger charge is 2.12. The molecule has 0 saturated carbocycles. The van der Waals surface area contributed by atoms with E-state index in [1.165, 1.54) is 0 Å². The first-order chi connectivity index (χ1) is 8.15. The van der Waals surface area contributed by atoms with Crippen LogP contribution < -0.4 is 5.32 Å². The van der Waals surface area contributed by atoms with Gasteiger partial charge in [-0.1, -0.05) is 13.8 Å². The average Bonchev–Trinajstić information content (AvgIpc) is 2.78. The molecule has 1 aromatic heterocycles. The SMILES string of the molecule is CSCCCCNC(=O)c1n[nH]c(C(C)C)n1. The van der Waals surface area contributed by atoms with Crippen LogP contribution in [0.1, 0.15) is 49.1 Å². The van der Waals surface area contributed by atoms with E-state index < -0.39 is 0 Å². The summed E-state index contributed by atoms with van der Waals surface area (Å²) in [6, 6.07) is 0. The number of rotatable bonds is 7. The fourth-order valence-corrected chi connectivity index (χ4v) is 1.78. The highest BCUT2D eigenvalue weighted by atomic mass is 32.2. The summed E-state index contributed by atoms with van der Waals surface area (Å²) in [5.41, 5.74) is 0. The van der Waals surface area contributed by atoms with E-state index in [2.05, 4.69) is 26.8 Å². The molecule has 0 aliphatic rings. The molecule has 96 valence electrons. The number of thioether (sulfide) groups is 1. The third kappa shape index (κ3) is 4.77. The van der Waals surface area contributed by atoms with Gasteiger partial charge in [0.2, 0.25) is 5.82 Å². The summed E-state index contributed by atoms with van der Waals surface area (Å²) in [7, 11) is 0. The third-order valence-corrected chi connectivity index (χ3v) is 3.01. The van der Waals surface area contributed by atoms with Gasteiger partial charge in [0.15, 0.2) is 0 Å². The van der Waals surface area contributed by atoms with Gasteiger partial charge in [0, 0.05) is 12.5 Å². The Labute approximate surface area is 106 Å². The molecular formula is C11H20N4OS. The number of unbranched alkanes of at least 4 members (excludes halogenated alkanes) is 1. The summed E-state index contributed by atoms with van der Waals surface area (Å²) in [5, 5.41) is 9.49. The van der Waals surface area contributed by atoms with Crippen LogP contribution in [-0.2, 0) is 0 Å². The van der Waals surface area contributed by atoms with Crippen molar-refractivity contribution in [3.05, 3.63) is 11.6 Å². The Bertz CT molecular complexity index is 351. The molecule has 0 unspecified atom stereocenters. The lowest BCUT2D eigenvalue weighted by atomic mass is 10.2. The molecule has 0 atom stereocenters. The number of nitrogens with one attached hydrogen (secondary N) is 2. The predicted octanol–water partition coefficient (Wildman–Crippen LogP) is 1.80. The highest BCUT2D eigenvalue weighted by Crippen LogP contribution is 2.07. The molecule has 1 rings (SSSR count). The largest absolute Gasteiger partial charge is 0.349 e. The molecule has 17 heavy (non-hydrogen) atoms. The minimum absolute atomic E-state index is 0.197. The molecule has 0 spiro atoms. The van der Waals surface area contributed by atoms with E-state index in [0.717, 1.165) is 24.4 Å². The Balaban J connectivity index is 2.31. The predicted molar refractivity (Wildman–Crippen MR) is 70.4 cm³/mol. The van der Waals surface area contributed by atoms with E-state index >= 15 is 0 Å². The van der Waals surface area contributed by atoms with Crippen LogP contribution >= 0.6 is 11.8 Å². The fourth-order valence-electron chi connectivity index (χ4n) is 1.29. The average molecular weight is 256 g/mol. The van der Waals surface area contributed by atoms with Gasteiger partial charge in [0.25, 0.3) is 5.91 Å². The number of nitrogens with zero attached hydrogens (tertiary/aromatic N) is 2. The van der Waals surface area contributed by atoms with Gasteiger partial charge >= 0.3 is 0 Å². The van der Waals surface area contributed by atoms with Crippen LogP contribution in [0.2, 0.25) is 0 Å². The molecule has 5 nitrogen and oxygen atoms in total. The maximum Gasteiger partial charge on any atom is 0.290 e. The molecule has 6 heteroatoms. The smallest absolute Gasteiger partial charge is 0.290 e. The normalized spacial score (nSPS) is 10.8. The number of H-pyrrole nitrogens is 1. The lowest BCUT2D eigenvalue weighted by Gasteiger charge is -2.01. The summed E-state index contributed by atoms with van der Waals surface area (Å²) in [6.07, 6.45) is 4.19. The maximum absolute atomic E-state index is 11.7. The Morgan fingerprint density at radius 2 is 2.24 bits per heavy atom. The van der Waals surface area contributed by atoms with Crippen LogP contribution in [0, 0.1) is 0 Å². The zero-order valence-corrected chi connectivity index (χ0v) is 11.4. The van der Waals surface area contributed by atoms with Crippen molar-refractivity contribution in [3.63, 3.8) is 0 Å². The number of aromatic nitrogens is 3. The topological polar surface area (TPSA) is 70.7 Å². The summed E-state index contributed by atoms with van der Waals surface area (Å²) >= 11 is 1.82. The number of carbonyl (C=O) groups is 1. The first kappa shape index (κ1) is 14.0. The number of carbonyl (C=O) groups excluding carboxylic acids is 1. The second-order valence-electron chi connectivity index (χ2n) is 4.15. The molecule has 1 heterocycles. The lowest BCUT2D eigenvalue weighted by Crippen LogP contribution is -2.25. The molecule has 1 amide bonds. The lowest BCUT2D eigenvalue weighted by molar-refractivity contribution is 0.0943. The van der Waals surface area contributed by atoms with Crippen LogP contribution in [0.4, 0.5) is 0 Å². The van der Waals surface area contributed by atoms with Gasteiger partial charge in [-0.25, -0.2) is 4.98 Å². The number of hydrogen-bond acceptors (Lipinski definition) is 4. The minimum atomic E-state index is -0.197. The van der Waals surface area contributed by atoms with Crippen molar-refractivity contribution >= 4 is 17.7 Å². The number of amides is 1. The number of aromatic amines is 1. The van der Waals surface area contributed by atoms with Crippen molar-refractivity contribution in [2.24, 2.45) is 0 Å². The van der Waals surface area contributed by atoms with E-state index in [4.69, 9.17) is 0 Å². The standard InChI is InChI=1S/C11H20N4OS/c1-8(2)9-13-10(15-14-9)11(16)12-6-4-5-7-17-3/h8H,4-7H2,1-3H3,(H,12,16)(H,13,14,15). The molecule has 0 aliphatic heterocycles.